The molecule has 0 amide bonds. The Balaban J connectivity index is 2.16. The second kappa shape index (κ2) is 5.58. The predicted octanol–water partition coefficient (Wildman–Crippen LogP) is 2.81. The molecule has 0 spiro atoms. The number of pyridine rings is 1. The molecule has 1 aromatic carbocycles. The van der Waals surface area contributed by atoms with E-state index >= 15 is 0 Å². The van der Waals surface area contributed by atoms with Crippen molar-refractivity contribution in [1.29, 1.82) is 0 Å². The summed E-state index contributed by atoms with van der Waals surface area (Å²) in [5.74, 6) is 0.673. The van der Waals surface area contributed by atoms with Gasteiger partial charge >= 0.3 is 0 Å². The Morgan fingerprint density at radius 1 is 1.00 bits per heavy atom. The Morgan fingerprint density at radius 2 is 1.81 bits per heavy atom. The van der Waals surface area contributed by atoms with Gasteiger partial charge in [0.25, 0.3) is 0 Å². The molecule has 0 aliphatic heterocycles. The SMILES string of the molecule is Cc1cc(CCN)nc(-c2cc(C)c3ccccc3n2)n1. The molecule has 0 fully saturated rings. The van der Waals surface area contributed by atoms with Gasteiger partial charge in [-0.15, -0.1) is 0 Å². The van der Waals surface area contributed by atoms with Gasteiger partial charge in [-0.3, -0.25) is 0 Å². The fourth-order valence-electron chi connectivity index (χ4n) is 2.49. The first-order valence-corrected chi connectivity index (χ1v) is 7.09. The second-order valence-corrected chi connectivity index (χ2v) is 5.20. The molecule has 0 bridgehead atoms. The first-order valence-electron chi connectivity index (χ1n) is 7.09. The van der Waals surface area contributed by atoms with Gasteiger partial charge in [0.15, 0.2) is 5.82 Å². The Kier molecular flexibility index (Phi) is 3.62. The first-order chi connectivity index (χ1) is 10.2. The lowest BCUT2D eigenvalue weighted by atomic mass is 10.1. The largest absolute Gasteiger partial charge is 0.330 e. The summed E-state index contributed by atoms with van der Waals surface area (Å²) < 4.78 is 0. The standard InChI is InChI=1S/C17H18N4/c1-11-9-16(21-15-6-4-3-5-14(11)15)17-19-12(2)10-13(20-17)7-8-18/h3-6,9-10H,7-8,18H2,1-2H3. The molecule has 0 atom stereocenters. The molecule has 0 unspecified atom stereocenters. The van der Waals surface area contributed by atoms with E-state index in [1.54, 1.807) is 0 Å². The average Bonchev–Trinajstić information content (AvgIpc) is 2.47. The van der Waals surface area contributed by atoms with Crippen molar-refractivity contribution >= 4 is 10.9 Å². The molecule has 2 heterocycles. The van der Waals surface area contributed by atoms with Gasteiger partial charge in [0.1, 0.15) is 5.69 Å². The van der Waals surface area contributed by atoms with Crippen LogP contribution < -0.4 is 5.73 Å². The Hall–Kier alpha value is -2.33. The highest BCUT2D eigenvalue weighted by Crippen LogP contribution is 2.22. The van der Waals surface area contributed by atoms with Crippen LogP contribution in [0.2, 0.25) is 0 Å². The third-order valence-electron chi connectivity index (χ3n) is 3.46. The highest BCUT2D eigenvalue weighted by atomic mass is 14.9. The molecule has 3 aromatic rings. The van der Waals surface area contributed by atoms with Crippen molar-refractivity contribution in [2.24, 2.45) is 5.73 Å². The number of aromatic nitrogens is 3. The third-order valence-corrected chi connectivity index (χ3v) is 3.46. The van der Waals surface area contributed by atoms with Crippen molar-refractivity contribution in [2.45, 2.75) is 20.3 Å². The van der Waals surface area contributed by atoms with Crippen LogP contribution in [-0.2, 0) is 6.42 Å². The maximum atomic E-state index is 5.62. The molecule has 0 saturated carbocycles. The Bertz CT molecular complexity index is 796. The summed E-state index contributed by atoms with van der Waals surface area (Å²) in [6.45, 7) is 4.64. The van der Waals surface area contributed by atoms with Gasteiger partial charge in [-0.2, -0.15) is 0 Å². The summed E-state index contributed by atoms with van der Waals surface area (Å²) in [5, 5.41) is 1.16. The summed E-state index contributed by atoms with van der Waals surface area (Å²) in [6.07, 6.45) is 0.753. The van der Waals surface area contributed by atoms with E-state index < -0.39 is 0 Å². The zero-order valence-electron chi connectivity index (χ0n) is 12.3. The first kappa shape index (κ1) is 13.6. The van der Waals surface area contributed by atoms with E-state index in [0.29, 0.717) is 12.4 Å². The van der Waals surface area contributed by atoms with Gasteiger partial charge in [-0.1, -0.05) is 18.2 Å². The zero-order chi connectivity index (χ0) is 14.8. The second-order valence-electron chi connectivity index (χ2n) is 5.20. The van der Waals surface area contributed by atoms with Gasteiger partial charge < -0.3 is 5.73 Å². The maximum Gasteiger partial charge on any atom is 0.178 e. The van der Waals surface area contributed by atoms with Crippen LogP contribution in [0, 0.1) is 13.8 Å². The van der Waals surface area contributed by atoms with Gasteiger partial charge in [-0.05, 0) is 44.2 Å². The average molecular weight is 278 g/mol. The van der Waals surface area contributed by atoms with Crippen molar-refractivity contribution in [3.05, 3.63) is 53.3 Å². The van der Waals surface area contributed by atoms with E-state index in [1.807, 2.05) is 37.3 Å². The number of nitrogens with two attached hydrogens (primary N) is 1. The molecule has 21 heavy (non-hydrogen) atoms. The van der Waals surface area contributed by atoms with E-state index in [9.17, 15) is 0 Å². The molecule has 0 aliphatic rings. The topological polar surface area (TPSA) is 64.7 Å². The number of nitrogens with zero attached hydrogens (tertiary/aromatic N) is 3. The maximum absolute atomic E-state index is 5.62. The fourth-order valence-corrected chi connectivity index (χ4v) is 2.49. The number of aryl methyl sites for hydroxylation is 2. The summed E-state index contributed by atoms with van der Waals surface area (Å²) in [5.41, 5.74) is 10.5. The lowest BCUT2D eigenvalue weighted by molar-refractivity contribution is 0.902. The normalized spacial score (nSPS) is 11.0. The Labute approximate surface area is 124 Å². The summed E-state index contributed by atoms with van der Waals surface area (Å²) in [7, 11) is 0. The minimum absolute atomic E-state index is 0.583. The highest BCUT2D eigenvalue weighted by Gasteiger charge is 2.09. The van der Waals surface area contributed by atoms with Crippen molar-refractivity contribution in [3.8, 4) is 11.5 Å². The van der Waals surface area contributed by atoms with E-state index in [2.05, 4.69) is 23.0 Å². The molecule has 4 nitrogen and oxygen atoms in total. The van der Waals surface area contributed by atoms with Crippen molar-refractivity contribution in [1.82, 2.24) is 15.0 Å². The molecule has 3 rings (SSSR count). The van der Waals surface area contributed by atoms with E-state index in [-0.39, 0.29) is 0 Å². The lowest BCUT2D eigenvalue weighted by Crippen LogP contribution is -2.07. The van der Waals surface area contributed by atoms with E-state index in [0.717, 1.165) is 34.4 Å². The van der Waals surface area contributed by atoms with Gasteiger partial charge in [0.05, 0.1) is 5.52 Å². The van der Waals surface area contributed by atoms with Crippen LogP contribution in [0.4, 0.5) is 0 Å². The molecular formula is C17H18N4. The van der Waals surface area contributed by atoms with E-state index in [1.165, 1.54) is 5.56 Å². The lowest BCUT2D eigenvalue weighted by Gasteiger charge is -2.08. The number of fused-ring (bicyclic) bond motifs is 1. The molecule has 0 saturated heterocycles. The summed E-state index contributed by atoms with van der Waals surface area (Å²) in [6, 6.07) is 12.1. The fraction of sp³-hybridized carbons (Fsp3) is 0.235. The van der Waals surface area contributed by atoms with Crippen LogP contribution in [0.5, 0.6) is 0 Å². The highest BCUT2D eigenvalue weighted by molar-refractivity contribution is 5.84. The van der Waals surface area contributed by atoms with Crippen molar-refractivity contribution in [2.75, 3.05) is 6.54 Å². The Morgan fingerprint density at radius 3 is 2.62 bits per heavy atom. The van der Waals surface area contributed by atoms with Crippen LogP contribution in [0.3, 0.4) is 0 Å². The number of benzene rings is 1. The third kappa shape index (κ3) is 2.76. The monoisotopic (exact) mass is 278 g/mol. The van der Waals surface area contributed by atoms with Crippen molar-refractivity contribution in [3.63, 3.8) is 0 Å². The molecule has 4 heteroatoms. The number of rotatable bonds is 3. The molecular weight excluding hydrogens is 260 g/mol. The molecule has 0 aliphatic carbocycles. The number of para-hydroxylation sites is 1. The minimum Gasteiger partial charge on any atom is -0.330 e. The van der Waals surface area contributed by atoms with Gasteiger partial charge in [0.2, 0.25) is 0 Å². The van der Waals surface area contributed by atoms with Crippen LogP contribution in [0.15, 0.2) is 36.4 Å². The summed E-state index contributed by atoms with van der Waals surface area (Å²) in [4.78, 5) is 13.8. The number of hydrogen-bond acceptors (Lipinski definition) is 4. The van der Waals surface area contributed by atoms with Gasteiger partial charge in [0, 0.05) is 23.2 Å². The molecule has 2 aromatic heterocycles. The molecule has 2 N–H and O–H groups in total. The smallest absolute Gasteiger partial charge is 0.178 e. The number of hydrogen-bond donors (Lipinski definition) is 1. The predicted molar refractivity (Wildman–Crippen MR) is 85.0 cm³/mol. The van der Waals surface area contributed by atoms with E-state index in [4.69, 9.17) is 10.7 Å². The summed E-state index contributed by atoms with van der Waals surface area (Å²) >= 11 is 0. The van der Waals surface area contributed by atoms with Gasteiger partial charge in [-0.25, -0.2) is 15.0 Å². The van der Waals surface area contributed by atoms with Crippen LogP contribution in [0.1, 0.15) is 17.0 Å². The van der Waals surface area contributed by atoms with Crippen LogP contribution >= 0.6 is 0 Å². The molecule has 106 valence electrons. The zero-order valence-corrected chi connectivity index (χ0v) is 12.3. The molecule has 0 radical (unpaired) electrons. The van der Waals surface area contributed by atoms with Crippen LogP contribution in [0.25, 0.3) is 22.4 Å². The quantitative estimate of drug-likeness (QED) is 0.800. The minimum atomic E-state index is 0.583. The van der Waals surface area contributed by atoms with Crippen LogP contribution in [-0.4, -0.2) is 21.5 Å². The van der Waals surface area contributed by atoms with Crippen molar-refractivity contribution < 1.29 is 0 Å².